The number of hydrogen-bond acceptors (Lipinski definition) is 3. The molecule has 0 saturated carbocycles. The summed E-state index contributed by atoms with van der Waals surface area (Å²) in [4.78, 5) is 6.64. The second kappa shape index (κ2) is 7.49. The van der Waals surface area contributed by atoms with Gasteiger partial charge in [-0.1, -0.05) is 6.92 Å². The van der Waals surface area contributed by atoms with Crippen LogP contribution in [0, 0.1) is 0 Å². The second-order valence-electron chi connectivity index (χ2n) is 5.18. The molecule has 100 valence electrons. The third-order valence-electron chi connectivity index (χ3n) is 3.74. The van der Waals surface area contributed by atoms with Crippen molar-refractivity contribution in [1.29, 1.82) is 0 Å². The molecule has 3 heteroatoms. The van der Waals surface area contributed by atoms with E-state index in [1.807, 2.05) is 12.4 Å². The summed E-state index contributed by atoms with van der Waals surface area (Å²) in [6.07, 6.45) is 8.76. The van der Waals surface area contributed by atoms with Gasteiger partial charge in [0.2, 0.25) is 0 Å². The van der Waals surface area contributed by atoms with E-state index in [1.54, 1.807) is 0 Å². The maximum Gasteiger partial charge on any atom is 0.0270 e. The van der Waals surface area contributed by atoms with E-state index in [9.17, 15) is 0 Å². The van der Waals surface area contributed by atoms with Crippen LogP contribution in [0.25, 0.3) is 0 Å². The molecular weight excluding hydrogens is 222 g/mol. The molecule has 0 unspecified atom stereocenters. The van der Waals surface area contributed by atoms with E-state index in [-0.39, 0.29) is 0 Å². The molecule has 2 rings (SSSR count). The molecule has 1 aromatic heterocycles. The summed E-state index contributed by atoms with van der Waals surface area (Å²) >= 11 is 0. The lowest BCUT2D eigenvalue weighted by Crippen LogP contribution is -2.43. The van der Waals surface area contributed by atoms with Crippen molar-refractivity contribution in [3.63, 3.8) is 0 Å². The molecule has 18 heavy (non-hydrogen) atoms. The van der Waals surface area contributed by atoms with Crippen LogP contribution in [0.1, 0.15) is 31.7 Å². The molecule has 1 aliphatic heterocycles. The Balaban J connectivity index is 1.65. The van der Waals surface area contributed by atoms with Gasteiger partial charge in [-0.05, 0) is 63.0 Å². The van der Waals surface area contributed by atoms with E-state index in [0.29, 0.717) is 0 Å². The number of pyridine rings is 1. The molecule has 1 aliphatic rings. The van der Waals surface area contributed by atoms with Crippen molar-refractivity contribution in [2.24, 2.45) is 0 Å². The summed E-state index contributed by atoms with van der Waals surface area (Å²) < 4.78 is 0. The standard InChI is InChI=1S/C15H25N3/c1-2-8-17-15-6-12-18(13-7-15)11-5-14-3-9-16-10-4-14/h3-4,9-10,15,17H,2,5-8,11-13H2,1H3. The van der Waals surface area contributed by atoms with E-state index >= 15 is 0 Å². The highest BCUT2D eigenvalue weighted by Gasteiger charge is 2.17. The van der Waals surface area contributed by atoms with Crippen LogP contribution in [0.2, 0.25) is 0 Å². The zero-order valence-corrected chi connectivity index (χ0v) is 11.4. The molecular formula is C15H25N3. The molecule has 0 aliphatic carbocycles. The Morgan fingerprint density at radius 3 is 2.67 bits per heavy atom. The maximum atomic E-state index is 4.06. The summed E-state index contributed by atoms with van der Waals surface area (Å²) in [6, 6.07) is 4.99. The first-order chi connectivity index (χ1) is 8.88. The van der Waals surface area contributed by atoms with Crippen LogP contribution in [-0.4, -0.2) is 42.1 Å². The van der Waals surface area contributed by atoms with Gasteiger partial charge in [-0.2, -0.15) is 0 Å². The first-order valence-corrected chi connectivity index (χ1v) is 7.23. The van der Waals surface area contributed by atoms with Crippen molar-refractivity contribution in [1.82, 2.24) is 15.2 Å². The number of hydrogen-bond donors (Lipinski definition) is 1. The van der Waals surface area contributed by atoms with E-state index in [0.717, 1.165) is 12.5 Å². The number of rotatable bonds is 6. The van der Waals surface area contributed by atoms with Gasteiger partial charge >= 0.3 is 0 Å². The number of likely N-dealkylation sites (tertiary alicyclic amines) is 1. The zero-order chi connectivity index (χ0) is 12.6. The molecule has 1 saturated heterocycles. The molecule has 3 nitrogen and oxygen atoms in total. The largest absolute Gasteiger partial charge is 0.314 e. The minimum atomic E-state index is 0.752. The zero-order valence-electron chi connectivity index (χ0n) is 11.4. The minimum Gasteiger partial charge on any atom is -0.314 e. The van der Waals surface area contributed by atoms with Crippen molar-refractivity contribution < 1.29 is 0 Å². The summed E-state index contributed by atoms with van der Waals surface area (Å²) in [6.45, 7) is 7.07. The number of aromatic nitrogens is 1. The van der Waals surface area contributed by atoms with Crippen molar-refractivity contribution in [2.75, 3.05) is 26.2 Å². The fraction of sp³-hybridized carbons (Fsp3) is 0.667. The summed E-state index contributed by atoms with van der Waals surface area (Å²) in [5, 5.41) is 3.63. The number of nitrogens with zero attached hydrogens (tertiary/aromatic N) is 2. The van der Waals surface area contributed by atoms with Crippen LogP contribution in [0.5, 0.6) is 0 Å². The first kappa shape index (κ1) is 13.5. The Hall–Kier alpha value is -0.930. The molecule has 1 aromatic rings. The Morgan fingerprint density at radius 1 is 1.28 bits per heavy atom. The van der Waals surface area contributed by atoms with Crippen LogP contribution in [-0.2, 0) is 6.42 Å². The molecule has 1 fully saturated rings. The lowest BCUT2D eigenvalue weighted by Gasteiger charge is -2.32. The van der Waals surface area contributed by atoms with Gasteiger partial charge in [0, 0.05) is 25.0 Å². The molecule has 0 amide bonds. The van der Waals surface area contributed by atoms with Crippen molar-refractivity contribution in [2.45, 2.75) is 38.6 Å². The fourth-order valence-corrected chi connectivity index (χ4v) is 2.55. The summed E-state index contributed by atoms with van der Waals surface area (Å²) in [5.74, 6) is 0. The third kappa shape index (κ3) is 4.39. The van der Waals surface area contributed by atoms with Gasteiger partial charge in [-0.3, -0.25) is 4.98 Å². The van der Waals surface area contributed by atoms with Gasteiger partial charge in [-0.15, -0.1) is 0 Å². The molecule has 0 radical (unpaired) electrons. The Morgan fingerprint density at radius 2 is 2.00 bits per heavy atom. The van der Waals surface area contributed by atoms with Crippen molar-refractivity contribution in [3.8, 4) is 0 Å². The molecule has 0 atom stereocenters. The van der Waals surface area contributed by atoms with E-state index in [4.69, 9.17) is 0 Å². The highest BCUT2D eigenvalue weighted by atomic mass is 15.1. The predicted octanol–water partition coefficient (Wildman–Crippen LogP) is 2.09. The average molecular weight is 247 g/mol. The Kier molecular flexibility index (Phi) is 5.62. The van der Waals surface area contributed by atoms with Crippen LogP contribution in [0.3, 0.4) is 0 Å². The van der Waals surface area contributed by atoms with Crippen molar-refractivity contribution in [3.05, 3.63) is 30.1 Å². The molecule has 0 aromatic carbocycles. The smallest absolute Gasteiger partial charge is 0.0270 e. The predicted molar refractivity (Wildman–Crippen MR) is 75.7 cm³/mol. The van der Waals surface area contributed by atoms with Crippen LogP contribution in [0.4, 0.5) is 0 Å². The minimum absolute atomic E-state index is 0.752. The highest BCUT2D eigenvalue weighted by Crippen LogP contribution is 2.11. The maximum absolute atomic E-state index is 4.06. The van der Waals surface area contributed by atoms with Gasteiger partial charge in [-0.25, -0.2) is 0 Å². The van der Waals surface area contributed by atoms with E-state index in [2.05, 4.69) is 34.3 Å². The van der Waals surface area contributed by atoms with Crippen molar-refractivity contribution >= 4 is 0 Å². The van der Waals surface area contributed by atoms with E-state index in [1.165, 1.54) is 51.0 Å². The quantitative estimate of drug-likeness (QED) is 0.834. The van der Waals surface area contributed by atoms with Crippen LogP contribution in [0.15, 0.2) is 24.5 Å². The summed E-state index contributed by atoms with van der Waals surface area (Å²) in [7, 11) is 0. The lowest BCUT2D eigenvalue weighted by molar-refractivity contribution is 0.200. The van der Waals surface area contributed by atoms with Gasteiger partial charge in [0.1, 0.15) is 0 Å². The average Bonchev–Trinajstić information content (AvgIpc) is 2.45. The van der Waals surface area contributed by atoms with Gasteiger partial charge in [0.05, 0.1) is 0 Å². The highest BCUT2D eigenvalue weighted by molar-refractivity contribution is 5.09. The second-order valence-corrected chi connectivity index (χ2v) is 5.18. The van der Waals surface area contributed by atoms with Crippen LogP contribution < -0.4 is 5.32 Å². The Bertz CT molecular complexity index is 318. The molecule has 0 spiro atoms. The summed E-state index contributed by atoms with van der Waals surface area (Å²) in [5.41, 5.74) is 1.40. The SMILES string of the molecule is CCCNC1CCN(CCc2ccncc2)CC1. The molecule has 1 N–H and O–H groups in total. The van der Waals surface area contributed by atoms with Gasteiger partial charge in [0.15, 0.2) is 0 Å². The van der Waals surface area contributed by atoms with Crippen LogP contribution >= 0.6 is 0 Å². The number of piperidine rings is 1. The Labute approximate surface area is 111 Å². The first-order valence-electron chi connectivity index (χ1n) is 7.23. The molecule has 0 bridgehead atoms. The third-order valence-corrected chi connectivity index (χ3v) is 3.74. The lowest BCUT2D eigenvalue weighted by atomic mass is 10.0. The van der Waals surface area contributed by atoms with Gasteiger partial charge < -0.3 is 10.2 Å². The topological polar surface area (TPSA) is 28.2 Å². The fourth-order valence-electron chi connectivity index (χ4n) is 2.55. The van der Waals surface area contributed by atoms with Gasteiger partial charge in [0.25, 0.3) is 0 Å². The monoisotopic (exact) mass is 247 g/mol. The van der Waals surface area contributed by atoms with E-state index < -0.39 is 0 Å². The molecule has 2 heterocycles. The normalized spacial score (nSPS) is 18.1. The number of nitrogens with one attached hydrogen (secondary N) is 1.